The Morgan fingerprint density at radius 1 is 1.04 bits per heavy atom. The first-order valence-electron chi connectivity index (χ1n) is 8.46. The minimum atomic E-state index is -0.662. The number of anilines is 2. The highest BCUT2D eigenvalue weighted by atomic mass is 79.9. The van der Waals surface area contributed by atoms with Gasteiger partial charge in [-0.3, -0.25) is 14.9 Å². The summed E-state index contributed by atoms with van der Waals surface area (Å²) in [6.07, 6.45) is -1.06. The molecule has 0 atom stereocenters. The fraction of sp³-hybridized carbons (Fsp3) is 0.316. The molecule has 2 rings (SSSR count). The maximum Gasteiger partial charge on any atom is 0.412 e. The highest BCUT2D eigenvalue weighted by Gasteiger charge is 2.19. The summed E-state index contributed by atoms with van der Waals surface area (Å²) >= 11 is 3.32. The van der Waals surface area contributed by atoms with Gasteiger partial charge in [-0.2, -0.15) is 5.10 Å². The van der Waals surface area contributed by atoms with E-state index in [-0.39, 0.29) is 5.69 Å². The number of nitrogens with one attached hydrogen (secondary N) is 2. The molecule has 0 bridgehead atoms. The predicted octanol–water partition coefficient (Wildman–Crippen LogP) is 4.11. The quantitative estimate of drug-likeness (QED) is 0.525. The zero-order valence-electron chi connectivity index (χ0n) is 16.0. The van der Waals surface area contributed by atoms with E-state index in [0.29, 0.717) is 21.5 Å². The van der Waals surface area contributed by atoms with Gasteiger partial charge in [-0.25, -0.2) is 4.79 Å². The van der Waals surface area contributed by atoms with Gasteiger partial charge in [0, 0.05) is 4.47 Å². The first kappa shape index (κ1) is 21.5. The Kier molecular flexibility index (Phi) is 6.85. The third-order valence-electron chi connectivity index (χ3n) is 3.30. The van der Waals surface area contributed by atoms with E-state index in [0.717, 1.165) is 0 Å². The van der Waals surface area contributed by atoms with E-state index in [1.54, 1.807) is 52.0 Å². The Morgan fingerprint density at radius 2 is 1.75 bits per heavy atom. The average Bonchev–Trinajstić information content (AvgIpc) is 2.56. The van der Waals surface area contributed by atoms with Crippen molar-refractivity contribution in [1.82, 2.24) is 10.2 Å². The van der Waals surface area contributed by atoms with Gasteiger partial charge in [-0.05, 0) is 58.0 Å². The lowest BCUT2D eigenvalue weighted by Crippen LogP contribution is -2.27. The molecule has 1 heterocycles. The minimum Gasteiger partial charge on any atom is -0.444 e. The van der Waals surface area contributed by atoms with Crippen LogP contribution in [0.1, 0.15) is 43.4 Å². The van der Waals surface area contributed by atoms with E-state index in [4.69, 9.17) is 4.74 Å². The van der Waals surface area contributed by atoms with Crippen LogP contribution in [0.25, 0.3) is 0 Å². The molecule has 0 spiro atoms. The van der Waals surface area contributed by atoms with Crippen LogP contribution in [0.3, 0.4) is 0 Å². The number of hydrogen-bond donors (Lipinski definition) is 2. The van der Waals surface area contributed by atoms with Crippen LogP contribution in [0.15, 0.2) is 34.8 Å². The topological polar surface area (TPSA) is 110 Å². The van der Waals surface area contributed by atoms with Crippen molar-refractivity contribution in [3.05, 3.63) is 46.2 Å². The molecule has 1 aromatic heterocycles. The minimum absolute atomic E-state index is 0.113. The fourth-order valence-corrected chi connectivity index (χ4v) is 2.48. The lowest BCUT2D eigenvalue weighted by molar-refractivity contribution is -0.115. The molecule has 9 heteroatoms. The fourth-order valence-electron chi connectivity index (χ4n) is 2.12. The largest absolute Gasteiger partial charge is 0.444 e. The van der Waals surface area contributed by atoms with Crippen LogP contribution < -0.4 is 10.6 Å². The summed E-state index contributed by atoms with van der Waals surface area (Å²) in [5.74, 6) is -1.00. The van der Waals surface area contributed by atoms with Crippen LogP contribution in [0.2, 0.25) is 0 Å². The summed E-state index contributed by atoms with van der Waals surface area (Å²) in [6.45, 7) is 6.99. The number of aryl methyl sites for hydroxylation is 1. The number of halogens is 1. The van der Waals surface area contributed by atoms with E-state index in [1.165, 1.54) is 6.07 Å². The van der Waals surface area contributed by atoms with Crippen molar-refractivity contribution in [1.29, 1.82) is 0 Å². The first-order chi connectivity index (χ1) is 13.0. The second-order valence-corrected chi connectivity index (χ2v) is 7.94. The number of rotatable bonds is 5. The molecule has 0 saturated heterocycles. The lowest BCUT2D eigenvalue weighted by atomic mass is 10.2. The van der Waals surface area contributed by atoms with Gasteiger partial charge in [0.15, 0.2) is 5.78 Å². The van der Waals surface area contributed by atoms with E-state index >= 15 is 0 Å². The smallest absolute Gasteiger partial charge is 0.412 e. The molecule has 1 aromatic carbocycles. The van der Waals surface area contributed by atoms with Gasteiger partial charge >= 0.3 is 6.09 Å². The van der Waals surface area contributed by atoms with Crippen LogP contribution in [0.5, 0.6) is 0 Å². The van der Waals surface area contributed by atoms with Crippen molar-refractivity contribution in [2.45, 2.75) is 39.7 Å². The molecule has 0 aliphatic heterocycles. The maximum atomic E-state index is 12.3. The number of carbonyl (C=O) groups is 3. The number of amides is 2. The van der Waals surface area contributed by atoms with Crippen molar-refractivity contribution < 1.29 is 19.1 Å². The highest BCUT2D eigenvalue weighted by molar-refractivity contribution is 9.10. The zero-order valence-corrected chi connectivity index (χ0v) is 17.6. The zero-order chi connectivity index (χ0) is 20.9. The van der Waals surface area contributed by atoms with E-state index in [1.807, 2.05) is 0 Å². The van der Waals surface area contributed by atoms with Gasteiger partial charge in [-0.1, -0.05) is 15.9 Å². The van der Waals surface area contributed by atoms with Crippen molar-refractivity contribution in [2.24, 2.45) is 0 Å². The van der Waals surface area contributed by atoms with Gasteiger partial charge < -0.3 is 10.1 Å². The Balaban J connectivity index is 2.08. The summed E-state index contributed by atoms with van der Waals surface area (Å²) in [7, 11) is 0. The number of benzene rings is 1. The van der Waals surface area contributed by atoms with Gasteiger partial charge in [0.2, 0.25) is 5.91 Å². The molecule has 8 nitrogen and oxygen atoms in total. The third kappa shape index (κ3) is 6.73. The molecule has 0 aliphatic rings. The van der Waals surface area contributed by atoms with Crippen LogP contribution in [0.4, 0.5) is 16.2 Å². The normalized spacial score (nSPS) is 10.9. The second kappa shape index (κ2) is 8.92. The van der Waals surface area contributed by atoms with Crippen molar-refractivity contribution in [3.8, 4) is 0 Å². The Hall–Kier alpha value is -2.81. The van der Waals surface area contributed by atoms with Crippen molar-refractivity contribution in [3.63, 3.8) is 0 Å². The van der Waals surface area contributed by atoms with Gasteiger partial charge in [0.05, 0.1) is 23.5 Å². The van der Waals surface area contributed by atoms with Crippen molar-refractivity contribution >= 4 is 45.1 Å². The molecular formula is C19H21BrN4O4. The highest BCUT2D eigenvalue weighted by Crippen LogP contribution is 2.27. The lowest BCUT2D eigenvalue weighted by Gasteiger charge is -2.20. The Labute approximate surface area is 171 Å². The number of hydrogen-bond acceptors (Lipinski definition) is 6. The number of aromatic nitrogens is 2. The maximum absolute atomic E-state index is 12.3. The van der Waals surface area contributed by atoms with Gasteiger partial charge in [0.1, 0.15) is 11.3 Å². The van der Waals surface area contributed by atoms with E-state index in [2.05, 4.69) is 36.8 Å². The Morgan fingerprint density at radius 3 is 2.36 bits per heavy atom. The van der Waals surface area contributed by atoms with Gasteiger partial charge in [0.25, 0.3) is 0 Å². The molecule has 2 aromatic rings. The van der Waals surface area contributed by atoms with Gasteiger partial charge in [-0.15, -0.1) is 5.10 Å². The molecule has 0 fully saturated rings. The van der Waals surface area contributed by atoms with Crippen molar-refractivity contribution in [2.75, 3.05) is 10.6 Å². The molecule has 0 unspecified atom stereocenters. The molecule has 0 aliphatic carbocycles. The Bertz CT molecular complexity index is 892. The predicted molar refractivity (Wildman–Crippen MR) is 108 cm³/mol. The molecule has 28 heavy (non-hydrogen) atoms. The molecule has 148 valence electrons. The summed E-state index contributed by atoms with van der Waals surface area (Å²) < 4.78 is 5.91. The molecule has 2 amide bonds. The number of carbonyl (C=O) groups excluding carboxylic acids is 3. The standard InChI is InChI=1S/C19H21BrN4O4/c1-11-5-7-14(24-23-11)16(25)10-17(26)21-15-9-12(20)6-8-13(15)22-18(27)28-19(2,3)4/h5-9H,10H2,1-4H3,(H,21,26)(H,22,27). The first-order valence-corrected chi connectivity index (χ1v) is 9.26. The third-order valence-corrected chi connectivity index (χ3v) is 3.79. The van der Waals surface area contributed by atoms with E-state index < -0.39 is 29.8 Å². The van der Waals surface area contributed by atoms with E-state index in [9.17, 15) is 14.4 Å². The summed E-state index contributed by atoms with van der Waals surface area (Å²) in [5, 5.41) is 12.8. The molecule has 0 radical (unpaired) electrons. The average molecular weight is 449 g/mol. The number of ether oxygens (including phenoxy) is 1. The van der Waals surface area contributed by atoms with Crippen LogP contribution >= 0.6 is 15.9 Å². The number of ketones is 1. The summed E-state index contributed by atoms with van der Waals surface area (Å²) in [6, 6.07) is 8.09. The molecular weight excluding hydrogens is 428 g/mol. The summed E-state index contributed by atoms with van der Waals surface area (Å²) in [5.41, 5.74) is 0.793. The number of Topliss-reactive ketones (excluding diaryl/α,β-unsaturated/α-hetero) is 1. The van der Waals surface area contributed by atoms with Crippen LogP contribution in [-0.2, 0) is 9.53 Å². The van der Waals surface area contributed by atoms with Crippen LogP contribution in [0, 0.1) is 6.92 Å². The SMILES string of the molecule is Cc1ccc(C(=O)CC(=O)Nc2cc(Br)ccc2NC(=O)OC(C)(C)C)nn1. The number of nitrogens with zero attached hydrogens (tertiary/aromatic N) is 2. The second-order valence-electron chi connectivity index (χ2n) is 7.02. The molecule has 2 N–H and O–H groups in total. The summed E-state index contributed by atoms with van der Waals surface area (Å²) in [4.78, 5) is 36.5. The van der Waals surface area contributed by atoms with Crippen LogP contribution in [-0.4, -0.2) is 33.6 Å². The molecule has 0 saturated carbocycles. The monoisotopic (exact) mass is 448 g/mol.